The molecule has 0 aromatic carbocycles. The van der Waals surface area contributed by atoms with Crippen molar-refractivity contribution in [3.05, 3.63) is 22.0 Å². The first kappa shape index (κ1) is 13.1. The molecular weight excluding hydrogens is 228 g/mol. The summed E-state index contributed by atoms with van der Waals surface area (Å²) < 4.78 is 1.41. The van der Waals surface area contributed by atoms with Gasteiger partial charge in [-0.15, -0.1) is 0 Å². The highest BCUT2D eigenvalue weighted by molar-refractivity contribution is 5.75. The molecule has 0 saturated carbocycles. The number of nitrogens with zero attached hydrogens (tertiary/aromatic N) is 3. The molecule has 1 aromatic heterocycles. The molecule has 0 fully saturated rings. The smallest absolute Gasteiger partial charge is 0.309 e. The second kappa shape index (κ2) is 5.94. The van der Waals surface area contributed by atoms with Gasteiger partial charge in [0.2, 0.25) is 5.91 Å². The van der Waals surface area contributed by atoms with Crippen LogP contribution in [0.1, 0.15) is 12.1 Å². The molecular formula is C9H14N4O4. The van der Waals surface area contributed by atoms with Crippen LogP contribution in [0.3, 0.4) is 0 Å². The van der Waals surface area contributed by atoms with Crippen molar-refractivity contribution in [2.45, 2.75) is 19.9 Å². The second-order valence-corrected chi connectivity index (χ2v) is 3.42. The zero-order valence-corrected chi connectivity index (χ0v) is 9.42. The van der Waals surface area contributed by atoms with Crippen molar-refractivity contribution in [2.75, 3.05) is 13.2 Å². The number of hydrogen-bond donors (Lipinski definition) is 2. The van der Waals surface area contributed by atoms with Crippen molar-refractivity contribution in [2.24, 2.45) is 0 Å². The van der Waals surface area contributed by atoms with Crippen LogP contribution in [0.4, 0.5) is 5.69 Å². The highest BCUT2D eigenvalue weighted by Crippen LogP contribution is 2.15. The Bertz CT molecular complexity index is 415. The van der Waals surface area contributed by atoms with Gasteiger partial charge in [0.05, 0.1) is 18.1 Å². The van der Waals surface area contributed by atoms with Crippen molar-refractivity contribution in [1.82, 2.24) is 15.1 Å². The van der Waals surface area contributed by atoms with Gasteiger partial charge in [-0.25, -0.2) is 0 Å². The summed E-state index contributed by atoms with van der Waals surface area (Å²) in [5.74, 6) is -0.225. The second-order valence-electron chi connectivity index (χ2n) is 3.42. The van der Waals surface area contributed by atoms with Crippen molar-refractivity contribution < 1.29 is 14.8 Å². The highest BCUT2D eigenvalue weighted by Gasteiger charge is 2.16. The number of aliphatic hydroxyl groups excluding tert-OH is 1. The molecule has 0 bridgehead atoms. The van der Waals surface area contributed by atoms with Crippen LogP contribution < -0.4 is 5.32 Å². The van der Waals surface area contributed by atoms with Crippen LogP contribution in [0.15, 0.2) is 6.20 Å². The first-order valence-electron chi connectivity index (χ1n) is 5.10. The number of nitrogens with one attached hydrogen (secondary N) is 1. The molecule has 1 aromatic rings. The molecule has 1 rings (SSSR count). The molecule has 1 heterocycles. The van der Waals surface area contributed by atoms with Gasteiger partial charge in [0.25, 0.3) is 0 Å². The zero-order valence-electron chi connectivity index (χ0n) is 9.42. The number of aliphatic hydroxyl groups is 1. The van der Waals surface area contributed by atoms with Crippen LogP contribution in [-0.4, -0.2) is 38.9 Å². The molecule has 1 amide bonds. The van der Waals surface area contributed by atoms with Crippen LogP contribution in [0.2, 0.25) is 0 Å². The molecule has 8 heteroatoms. The van der Waals surface area contributed by atoms with E-state index in [0.717, 1.165) is 0 Å². The standard InChI is InChI=1S/C9H14N4O4/c1-7-8(13(16)17)6-11-12(7)4-2-9(15)10-3-5-14/h6,14H,2-5H2,1H3,(H,10,15). The number of carbonyl (C=O) groups is 1. The van der Waals surface area contributed by atoms with Gasteiger partial charge in [-0.3, -0.25) is 19.6 Å². The molecule has 17 heavy (non-hydrogen) atoms. The summed E-state index contributed by atoms with van der Waals surface area (Å²) in [5, 5.41) is 25.4. The van der Waals surface area contributed by atoms with Crippen LogP contribution >= 0.6 is 0 Å². The minimum Gasteiger partial charge on any atom is -0.395 e. The SMILES string of the molecule is Cc1c([N+](=O)[O-])cnn1CCC(=O)NCCO. The van der Waals surface area contributed by atoms with Gasteiger partial charge < -0.3 is 10.4 Å². The fourth-order valence-electron chi connectivity index (χ4n) is 1.33. The lowest BCUT2D eigenvalue weighted by atomic mass is 10.3. The molecule has 8 nitrogen and oxygen atoms in total. The van der Waals surface area contributed by atoms with E-state index in [-0.39, 0.29) is 37.7 Å². The summed E-state index contributed by atoms with van der Waals surface area (Å²) in [6, 6.07) is 0. The summed E-state index contributed by atoms with van der Waals surface area (Å²) in [6.07, 6.45) is 1.33. The minimum atomic E-state index is -0.509. The van der Waals surface area contributed by atoms with E-state index in [4.69, 9.17) is 5.11 Å². The number of aromatic nitrogens is 2. The molecule has 0 aliphatic carbocycles. The largest absolute Gasteiger partial charge is 0.395 e. The molecule has 94 valence electrons. The third-order valence-electron chi connectivity index (χ3n) is 2.26. The number of carbonyl (C=O) groups excluding carboxylic acids is 1. The molecule has 0 aliphatic rings. The van der Waals surface area contributed by atoms with E-state index in [1.807, 2.05) is 0 Å². The Morgan fingerprint density at radius 2 is 2.41 bits per heavy atom. The maximum atomic E-state index is 11.2. The molecule has 0 saturated heterocycles. The van der Waals surface area contributed by atoms with E-state index < -0.39 is 4.92 Å². The van der Waals surface area contributed by atoms with Gasteiger partial charge in [0.15, 0.2) is 0 Å². The summed E-state index contributed by atoms with van der Waals surface area (Å²) in [4.78, 5) is 21.3. The molecule has 0 atom stereocenters. The summed E-state index contributed by atoms with van der Waals surface area (Å²) in [6.45, 7) is 1.95. The Morgan fingerprint density at radius 3 is 2.94 bits per heavy atom. The minimum absolute atomic E-state index is 0.0548. The van der Waals surface area contributed by atoms with Gasteiger partial charge in [0, 0.05) is 13.0 Å². The lowest BCUT2D eigenvalue weighted by Crippen LogP contribution is -2.27. The number of nitro groups is 1. The molecule has 0 unspecified atom stereocenters. The van der Waals surface area contributed by atoms with Crippen molar-refractivity contribution in [3.63, 3.8) is 0 Å². The van der Waals surface area contributed by atoms with Gasteiger partial charge in [-0.1, -0.05) is 0 Å². The lowest BCUT2D eigenvalue weighted by Gasteiger charge is -2.04. The Balaban J connectivity index is 2.52. The van der Waals surface area contributed by atoms with Gasteiger partial charge in [-0.2, -0.15) is 5.10 Å². The first-order valence-corrected chi connectivity index (χ1v) is 5.10. The Morgan fingerprint density at radius 1 is 1.71 bits per heavy atom. The lowest BCUT2D eigenvalue weighted by molar-refractivity contribution is -0.385. The van der Waals surface area contributed by atoms with E-state index in [2.05, 4.69) is 10.4 Å². The van der Waals surface area contributed by atoms with Crippen molar-refractivity contribution >= 4 is 11.6 Å². The van der Waals surface area contributed by atoms with E-state index in [0.29, 0.717) is 5.69 Å². The van der Waals surface area contributed by atoms with E-state index in [1.54, 1.807) is 6.92 Å². The monoisotopic (exact) mass is 242 g/mol. The molecule has 0 aliphatic heterocycles. The van der Waals surface area contributed by atoms with Crippen molar-refractivity contribution in [3.8, 4) is 0 Å². The van der Waals surface area contributed by atoms with Crippen LogP contribution in [0.5, 0.6) is 0 Å². The van der Waals surface area contributed by atoms with Crippen molar-refractivity contribution in [1.29, 1.82) is 0 Å². The van der Waals surface area contributed by atoms with Crippen LogP contribution in [0, 0.1) is 17.0 Å². The molecule has 0 radical (unpaired) electrons. The molecule has 0 spiro atoms. The predicted molar refractivity (Wildman–Crippen MR) is 58.3 cm³/mol. The average molecular weight is 242 g/mol. The van der Waals surface area contributed by atoms with E-state index in [9.17, 15) is 14.9 Å². The van der Waals surface area contributed by atoms with E-state index in [1.165, 1.54) is 10.9 Å². The number of rotatable bonds is 6. The Kier molecular flexibility index (Phi) is 4.58. The van der Waals surface area contributed by atoms with Gasteiger partial charge in [0.1, 0.15) is 11.9 Å². The maximum absolute atomic E-state index is 11.2. The van der Waals surface area contributed by atoms with Crippen LogP contribution in [0.25, 0.3) is 0 Å². The third kappa shape index (κ3) is 3.52. The fourth-order valence-corrected chi connectivity index (χ4v) is 1.33. The molecule has 2 N–H and O–H groups in total. The zero-order chi connectivity index (χ0) is 12.8. The average Bonchev–Trinajstić information content (AvgIpc) is 2.65. The normalized spacial score (nSPS) is 10.2. The topological polar surface area (TPSA) is 110 Å². The highest BCUT2D eigenvalue weighted by atomic mass is 16.6. The third-order valence-corrected chi connectivity index (χ3v) is 2.26. The maximum Gasteiger partial charge on any atom is 0.309 e. The summed E-state index contributed by atoms with van der Waals surface area (Å²) in [7, 11) is 0. The van der Waals surface area contributed by atoms with Crippen LogP contribution in [-0.2, 0) is 11.3 Å². The fraction of sp³-hybridized carbons (Fsp3) is 0.556. The van der Waals surface area contributed by atoms with Gasteiger partial charge in [-0.05, 0) is 6.92 Å². The van der Waals surface area contributed by atoms with Gasteiger partial charge >= 0.3 is 5.69 Å². The summed E-state index contributed by atoms with van der Waals surface area (Å²) >= 11 is 0. The number of hydrogen-bond acceptors (Lipinski definition) is 5. The quantitative estimate of drug-likeness (QED) is 0.521. The number of aryl methyl sites for hydroxylation is 1. The predicted octanol–water partition coefficient (Wildman–Crippen LogP) is -0.402. The number of amides is 1. The van der Waals surface area contributed by atoms with E-state index >= 15 is 0 Å². The Hall–Kier alpha value is -1.96. The first-order chi connectivity index (χ1) is 8.06. The summed E-state index contributed by atoms with van der Waals surface area (Å²) in [5.41, 5.74) is 0.366. The Labute approximate surface area is 97.4 Å².